The molecule has 0 amide bonds. The molecule has 1 aliphatic heterocycles. The van der Waals surface area contributed by atoms with Crippen LogP contribution in [-0.4, -0.2) is 33.4 Å². The Kier molecular flexibility index (Phi) is 3.19. The van der Waals surface area contributed by atoms with Crippen molar-refractivity contribution in [2.45, 2.75) is 38.6 Å². The Balaban J connectivity index is 1.80. The van der Waals surface area contributed by atoms with Crippen LogP contribution in [0.5, 0.6) is 0 Å². The maximum atomic E-state index is 5.97. The van der Waals surface area contributed by atoms with Crippen LogP contribution in [0.25, 0.3) is 5.65 Å². The molecule has 3 rings (SSSR count). The number of pyridine rings is 1. The van der Waals surface area contributed by atoms with E-state index in [1.807, 2.05) is 22.7 Å². The van der Waals surface area contributed by atoms with Crippen molar-refractivity contribution in [3.8, 4) is 0 Å². The van der Waals surface area contributed by atoms with E-state index in [0.717, 1.165) is 11.3 Å². The number of nitrogens with zero attached hydrogens (tertiary/aromatic N) is 3. The van der Waals surface area contributed by atoms with Gasteiger partial charge in [-0.2, -0.15) is 0 Å². The molecule has 0 unspecified atom stereocenters. The highest BCUT2D eigenvalue weighted by Gasteiger charge is 2.23. The lowest BCUT2D eigenvalue weighted by Gasteiger charge is -2.33. The quantitative estimate of drug-likeness (QED) is 0.900. The number of fused-ring (bicyclic) bond motifs is 1. The van der Waals surface area contributed by atoms with Gasteiger partial charge >= 0.3 is 0 Å². The van der Waals surface area contributed by atoms with Crippen molar-refractivity contribution in [3.05, 3.63) is 30.2 Å². The molecule has 0 aliphatic carbocycles. The Morgan fingerprint density at radius 3 is 2.68 bits per heavy atom. The van der Waals surface area contributed by atoms with Crippen LogP contribution in [0.15, 0.2) is 24.5 Å². The minimum atomic E-state index is 0.578. The fraction of sp³-hybridized carbons (Fsp3) is 0.533. The molecule has 0 aromatic carbocycles. The summed E-state index contributed by atoms with van der Waals surface area (Å²) in [6.45, 7) is 6.88. The topological polar surface area (TPSA) is 46.6 Å². The average Bonchev–Trinajstić information content (AvgIpc) is 2.84. The summed E-state index contributed by atoms with van der Waals surface area (Å²) in [5.74, 6) is 0.578. The lowest BCUT2D eigenvalue weighted by atomic mass is 9.93. The zero-order valence-corrected chi connectivity index (χ0v) is 11.7. The van der Waals surface area contributed by atoms with Gasteiger partial charge in [-0.3, -0.25) is 0 Å². The summed E-state index contributed by atoms with van der Waals surface area (Å²) < 4.78 is 2.04. The van der Waals surface area contributed by atoms with E-state index in [2.05, 4.69) is 24.9 Å². The first-order chi connectivity index (χ1) is 9.15. The van der Waals surface area contributed by atoms with Crippen LogP contribution in [0.3, 0.4) is 0 Å². The summed E-state index contributed by atoms with van der Waals surface area (Å²) in [5, 5.41) is 0. The Labute approximate surface area is 114 Å². The molecule has 102 valence electrons. The minimum Gasteiger partial charge on any atom is -0.396 e. The number of anilines is 1. The van der Waals surface area contributed by atoms with Gasteiger partial charge in [0.2, 0.25) is 0 Å². The molecular weight excluding hydrogens is 236 g/mol. The maximum Gasteiger partial charge on any atom is 0.160 e. The van der Waals surface area contributed by atoms with Gasteiger partial charge in [0.15, 0.2) is 5.65 Å². The molecule has 19 heavy (non-hydrogen) atoms. The number of likely N-dealkylation sites (tertiary alicyclic amines) is 1. The van der Waals surface area contributed by atoms with E-state index in [0.29, 0.717) is 12.0 Å². The third-order valence-electron chi connectivity index (χ3n) is 4.21. The van der Waals surface area contributed by atoms with Gasteiger partial charge in [-0.25, -0.2) is 4.98 Å². The zero-order chi connectivity index (χ0) is 13.4. The van der Waals surface area contributed by atoms with Crippen LogP contribution in [0.1, 0.15) is 38.3 Å². The smallest absolute Gasteiger partial charge is 0.160 e. The second kappa shape index (κ2) is 4.85. The molecule has 2 N–H and O–H groups in total. The largest absolute Gasteiger partial charge is 0.396 e. The average molecular weight is 258 g/mol. The second-order valence-electron chi connectivity index (χ2n) is 5.76. The van der Waals surface area contributed by atoms with Gasteiger partial charge < -0.3 is 15.0 Å². The maximum absolute atomic E-state index is 5.97. The predicted molar refractivity (Wildman–Crippen MR) is 78.3 cm³/mol. The lowest BCUT2D eigenvalue weighted by molar-refractivity contribution is 0.171. The molecule has 0 bridgehead atoms. The van der Waals surface area contributed by atoms with Gasteiger partial charge in [0, 0.05) is 24.4 Å². The van der Waals surface area contributed by atoms with Crippen LogP contribution in [0, 0.1) is 0 Å². The molecule has 1 fully saturated rings. The summed E-state index contributed by atoms with van der Waals surface area (Å²) >= 11 is 0. The van der Waals surface area contributed by atoms with Gasteiger partial charge in [-0.15, -0.1) is 0 Å². The molecule has 1 aliphatic rings. The van der Waals surface area contributed by atoms with Crippen LogP contribution in [-0.2, 0) is 0 Å². The van der Waals surface area contributed by atoms with Gasteiger partial charge in [0.25, 0.3) is 0 Å². The van der Waals surface area contributed by atoms with E-state index < -0.39 is 0 Å². The first-order valence-corrected chi connectivity index (χ1v) is 7.12. The summed E-state index contributed by atoms with van der Waals surface area (Å²) in [6, 6.07) is 4.53. The fourth-order valence-electron chi connectivity index (χ4n) is 2.96. The molecule has 0 spiro atoms. The Morgan fingerprint density at radius 2 is 2.05 bits per heavy atom. The number of nitrogens with two attached hydrogens (primary N) is 1. The van der Waals surface area contributed by atoms with Crippen molar-refractivity contribution in [2.75, 3.05) is 18.8 Å². The second-order valence-corrected chi connectivity index (χ2v) is 5.76. The molecule has 2 aromatic heterocycles. The first-order valence-electron chi connectivity index (χ1n) is 7.12. The minimum absolute atomic E-state index is 0.578. The molecular formula is C15H22N4. The molecule has 3 heterocycles. The number of hydrogen-bond acceptors (Lipinski definition) is 3. The van der Waals surface area contributed by atoms with Crippen LogP contribution in [0.2, 0.25) is 0 Å². The van der Waals surface area contributed by atoms with Crippen molar-refractivity contribution in [3.63, 3.8) is 0 Å². The molecule has 1 saturated heterocycles. The molecule has 2 aromatic rings. The van der Waals surface area contributed by atoms with Crippen LogP contribution >= 0.6 is 0 Å². The predicted octanol–water partition coefficient (Wildman–Crippen LogP) is 2.50. The zero-order valence-electron chi connectivity index (χ0n) is 11.7. The van der Waals surface area contributed by atoms with E-state index in [4.69, 9.17) is 10.7 Å². The number of imidazole rings is 1. The van der Waals surface area contributed by atoms with Crippen molar-refractivity contribution in [1.29, 1.82) is 0 Å². The van der Waals surface area contributed by atoms with E-state index in [9.17, 15) is 0 Å². The van der Waals surface area contributed by atoms with Gasteiger partial charge in [-0.05, 0) is 51.9 Å². The summed E-state index contributed by atoms with van der Waals surface area (Å²) in [6.07, 6.45) is 6.55. The highest BCUT2D eigenvalue weighted by atomic mass is 15.1. The normalized spacial score (nSPS) is 18.5. The SMILES string of the molecule is CC(C)N1CCC(c2cn3cccc(N)c3n2)CC1. The van der Waals surface area contributed by atoms with Gasteiger partial charge in [0.1, 0.15) is 0 Å². The highest BCUT2D eigenvalue weighted by Crippen LogP contribution is 2.29. The van der Waals surface area contributed by atoms with Gasteiger partial charge in [-0.1, -0.05) is 0 Å². The van der Waals surface area contributed by atoms with Crippen molar-refractivity contribution in [1.82, 2.24) is 14.3 Å². The van der Waals surface area contributed by atoms with E-state index >= 15 is 0 Å². The molecule has 4 heteroatoms. The van der Waals surface area contributed by atoms with E-state index in [1.165, 1.54) is 31.6 Å². The Hall–Kier alpha value is -1.55. The number of piperidine rings is 1. The number of hydrogen-bond donors (Lipinski definition) is 1. The summed E-state index contributed by atoms with van der Waals surface area (Å²) in [5.41, 5.74) is 8.82. The van der Waals surface area contributed by atoms with Crippen LogP contribution < -0.4 is 5.73 Å². The standard InChI is InChI=1S/C15H22N4/c1-11(2)18-8-5-12(6-9-18)14-10-19-7-3-4-13(16)15(19)17-14/h3-4,7,10-12H,5-6,8-9,16H2,1-2H3. The summed E-state index contributed by atoms with van der Waals surface area (Å²) in [4.78, 5) is 7.27. The number of rotatable bonds is 2. The van der Waals surface area contributed by atoms with Crippen molar-refractivity contribution < 1.29 is 0 Å². The lowest BCUT2D eigenvalue weighted by Crippen LogP contribution is -2.37. The fourth-order valence-corrected chi connectivity index (χ4v) is 2.96. The highest BCUT2D eigenvalue weighted by molar-refractivity contribution is 5.64. The van der Waals surface area contributed by atoms with Crippen molar-refractivity contribution in [2.24, 2.45) is 0 Å². The van der Waals surface area contributed by atoms with E-state index in [-0.39, 0.29) is 0 Å². The Bertz CT molecular complexity index is 565. The Morgan fingerprint density at radius 1 is 1.32 bits per heavy atom. The third kappa shape index (κ3) is 2.32. The molecule has 0 atom stereocenters. The number of nitrogen functional groups attached to an aromatic ring is 1. The monoisotopic (exact) mass is 258 g/mol. The molecule has 0 saturated carbocycles. The first kappa shape index (κ1) is 12.5. The van der Waals surface area contributed by atoms with Gasteiger partial charge in [0.05, 0.1) is 11.4 Å². The van der Waals surface area contributed by atoms with E-state index in [1.54, 1.807) is 0 Å². The van der Waals surface area contributed by atoms with Crippen LogP contribution in [0.4, 0.5) is 5.69 Å². The summed E-state index contributed by atoms with van der Waals surface area (Å²) in [7, 11) is 0. The molecule has 4 nitrogen and oxygen atoms in total. The molecule has 0 radical (unpaired) electrons. The van der Waals surface area contributed by atoms with Crippen molar-refractivity contribution >= 4 is 11.3 Å². The number of aromatic nitrogens is 2. The third-order valence-corrected chi connectivity index (χ3v) is 4.21.